The third-order valence-corrected chi connectivity index (χ3v) is 4.00. The van der Waals surface area contributed by atoms with Gasteiger partial charge in [-0.1, -0.05) is 13.5 Å². The van der Waals surface area contributed by atoms with Gasteiger partial charge in [0.05, 0.1) is 0 Å². The first kappa shape index (κ1) is 16.3. The molecule has 0 spiro atoms. The first-order valence-electron chi connectivity index (χ1n) is 5.14. The van der Waals surface area contributed by atoms with Crippen LogP contribution >= 0.6 is 0 Å². The summed E-state index contributed by atoms with van der Waals surface area (Å²) in [6.07, 6.45) is -0.338. The normalized spacial score (nSPS) is 13.2. The van der Waals surface area contributed by atoms with Crippen LogP contribution in [0.2, 0.25) is 0 Å². The van der Waals surface area contributed by atoms with Crippen LogP contribution < -0.4 is 0 Å². The predicted octanol–water partition coefficient (Wildman–Crippen LogP) is 1.23. The average Bonchev–Trinajstić information content (AvgIpc) is 2.34. The van der Waals surface area contributed by atoms with Gasteiger partial charge in [-0.2, -0.15) is 0 Å². The van der Waals surface area contributed by atoms with E-state index in [4.69, 9.17) is 22.4 Å². The molecule has 0 bridgehead atoms. The molecule has 0 aliphatic rings. The first-order valence-corrected chi connectivity index (χ1v) is 6.77. The van der Waals surface area contributed by atoms with Crippen molar-refractivity contribution in [1.29, 1.82) is 0 Å². The number of ether oxygens (including phenoxy) is 1. The lowest BCUT2D eigenvalue weighted by Gasteiger charge is -2.27. The van der Waals surface area contributed by atoms with E-state index in [0.717, 1.165) is 0 Å². The Morgan fingerprint density at radius 1 is 1.24 bits per heavy atom. The van der Waals surface area contributed by atoms with Gasteiger partial charge in [-0.15, -0.1) is 0 Å². The van der Waals surface area contributed by atoms with Crippen molar-refractivity contribution >= 4 is 15.0 Å². The number of hydrogen-bond acceptors (Lipinski definition) is 6. The van der Waals surface area contributed by atoms with E-state index >= 15 is 0 Å². The summed E-state index contributed by atoms with van der Waals surface area (Å²) in [6, 6.07) is 0. The van der Waals surface area contributed by atoms with Crippen molar-refractivity contribution in [2.45, 2.75) is 26.6 Å². The van der Waals surface area contributed by atoms with Gasteiger partial charge in [-0.05, 0) is 6.92 Å². The van der Waals surface area contributed by atoms with E-state index in [2.05, 4.69) is 6.58 Å². The number of carbonyl (C=O) groups excluding carboxylic acids is 1. The summed E-state index contributed by atoms with van der Waals surface area (Å²) in [5, 5.41) is 0. The van der Waals surface area contributed by atoms with Crippen molar-refractivity contribution in [3.63, 3.8) is 0 Å². The Morgan fingerprint density at radius 2 is 1.71 bits per heavy atom. The third kappa shape index (κ3) is 4.96. The zero-order valence-electron chi connectivity index (χ0n) is 10.9. The van der Waals surface area contributed by atoms with Crippen LogP contribution in [0.3, 0.4) is 0 Å². The quantitative estimate of drug-likeness (QED) is 0.284. The monoisotopic (exact) mass is 264 g/mol. The number of hydrogen-bond donors (Lipinski definition) is 0. The molecule has 0 heterocycles. The molecule has 0 radical (unpaired) electrons. The van der Waals surface area contributed by atoms with E-state index in [-0.39, 0.29) is 0 Å². The fraction of sp³-hybridized carbons (Fsp3) is 0.700. The van der Waals surface area contributed by atoms with Crippen molar-refractivity contribution in [3.05, 3.63) is 12.2 Å². The Kier molecular flexibility index (Phi) is 7.24. The van der Waals surface area contributed by atoms with E-state index in [1.807, 2.05) is 0 Å². The summed E-state index contributed by atoms with van der Waals surface area (Å²) in [5.74, 6) is -0.525. The first-order chi connectivity index (χ1) is 7.94. The molecule has 0 aliphatic carbocycles. The molecule has 100 valence electrons. The van der Waals surface area contributed by atoms with Gasteiger partial charge < -0.3 is 22.4 Å². The lowest BCUT2D eigenvalue weighted by atomic mass is 10.3. The predicted molar refractivity (Wildman–Crippen MR) is 62.9 cm³/mol. The SMILES string of the molecule is C=C(C)C(=O)OC(CC)O[Si](OC)(OC)OC. The van der Waals surface area contributed by atoms with Crippen LogP contribution in [-0.4, -0.2) is 42.6 Å². The molecule has 0 N–H and O–H groups in total. The maximum atomic E-state index is 11.4. The molecule has 6 nitrogen and oxygen atoms in total. The second-order valence-corrected chi connectivity index (χ2v) is 5.71. The lowest BCUT2D eigenvalue weighted by Crippen LogP contribution is -2.49. The average molecular weight is 264 g/mol. The Labute approximate surface area is 103 Å². The molecule has 1 atom stereocenters. The van der Waals surface area contributed by atoms with Crippen molar-refractivity contribution in [2.24, 2.45) is 0 Å². The van der Waals surface area contributed by atoms with Gasteiger partial charge in [-0.3, -0.25) is 0 Å². The fourth-order valence-electron chi connectivity index (χ4n) is 0.966. The Hall–Kier alpha value is -0.733. The molecule has 17 heavy (non-hydrogen) atoms. The fourth-order valence-corrected chi connectivity index (χ4v) is 2.29. The molecule has 0 aromatic rings. The highest BCUT2D eigenvalue weighted by Crippen LogP contribution is 2.15. The molecule has 0 aromatic heterocycles. The van der Waals surface area contributed by atoms with Gasteiger partial charge >= 0.3 is 15.0 Å². The summed E-state index contributed by atoms with van der Waals surface area (Å²) in [4.78, 5) is 11.4. The van der Waals surface area contributed by atoms with E-state index in [0.29, 0.717) is 12.0 Å². The number of rotatable bonds is 8. The second kappa shape index (κ2) is 7.57. The summed E-state index contributed by atoms with van der Waals surface area (Å²) in [7, 11) is 1.02. The maximum Gasteiger partial charge on any atom is 0.681 e. The van der Waals surface area contributed by atoms with E-state index in [9.17, 15) is 4.79 Å². The van der Waals surface area contributed by atoms with Crippen LogP contribution in [0.4, 0.5) is 0 Å². The molecule has 0 aromatic carbocycles. The Balaban J connectivity index is 4.57. The largest absolute Gasteiger partial charge is 0.681 e. The van der Waals surface area contributed by atoms with Crippen LogP contribution in [0, 0.1) is 0 Å². The minimum Gasteiger partial charge on any atom is -0.433 e. The summed E-state index contributed by atoms with van der Waals surface area (Å²) < 4.78 is 25.7. The van der Waals surface area contributed by atoms with Crippen LogP contribution in [0.15, 0.2) is 12.2 Å². The standard InChI is InChI=1S/C10H20O6Si/c1-7-9(15-10(11)8(2)3)16-17(12-4,13-5)14-6/h9H,2,7H2,1,3-6H3. The number of carbonyl (C=O) groups is 1. The molecule has 7 heteroatoms. The highest BCUT2D eigenvalue weighted by atomic mass is 28.4. The van der Waals surface area contributed by atoms with Crippen molar-refractivity contribution in [1.82, 2.24) is 0 Å². The molecule has 0 aliphatic heterocycles. The molecule has 0 rings (SSSR count). The smallest absolute Gasteiger partial charge is 0.433 e. The third-order valence-electron chi connectivity index (χ3n) is 1.95. The van der Waals surface area contributed by atoms with Crippen molar-refractivity contribution in [2.75, 3.05) is 21.3 Å². The molecule has 0 amide bonds. The topological polar surface area (TPSA) is 63.2 Å². The molecule has 0 fully saturated rings. The van der Waals surface area contributed by atoms with Gasteiger partial charge in [-0.25, -0.2) is 4.79 Å². The molecular formula is C10H20O6Si. The van der Waals surface area contributed by atoms with E-state index in [1.165, 1.54) is 21.3 Å². The van der Waals surface area contributed by atoms with Crippen LogP contribution in [0.1, 0.15) is 20.3 Å². The van der Waals surface area contributed by atoms with E-state index in [1.54, 1.807) is 13.8 Å². The van der Waals surface area contributed by atoms with Crippen molar-refractivity contribution < 1.29 is 27.2 Å². The molecular weight excluding hydrogens is 244 g/mol. The lowest BCUT2D eigenvalue weighted by molar-refractivity contribution is -0.171. The van der Waals surface area contributed by atoms with Crippen LogP contribution in [-0.2, 0) is 27.2 Å². The van der Waals surface area contributed by atoms with Gasteiger partial charge in [0.25, 0.3) is 0 Å². The minimum atomic E-state index is -3.21. The Morgan fingerprint density at radius 3 is 2.00 bits per heavy atom. The Bertz CT molecular complexity index is 255. The zero-order valence-corrected chi connectivity index (χ0v) is 11.9. The van der Waals surface area contributed by atoms with Gasteiger partial charge in [0.2, 0.25) is 0 Å². The molecule has 0 saturated heterocycles. The molecule has 1 unspecified atom stereocenters. The summed E-state index contributed by atoms with van der Waals surface area (Å²) in [6.45, 7) is 6.85. The highest BCUT2D eigenvalue weighted by Gasteiger charge is 2.45. The minimum absolute atomic E-state index is 0.298. The summed E-state index contributed by atoms with van der Waals surface area (Å²) in [5.41, 5.74) is 0.298. The highest BCUT2D eigenvalue weighted by molar-refractivity contribution is 6.53. The summed E-state index contributed by atoms with van der Waals surface area (Å²) >= 11 is 0. The number of esters is 1. The van der Waals surface area contributed by atoms with Crippen LogP contribution in [0.25, 0.3) is 0 Å². The zero-order chi connectivity index (χ0) is 13.5. The molecule has 0 saturated carbocycles. The van der Waals surface area contributed by atoms with Crippen molar-refractivity contribution in [3.8, 4) is 0 Å². The second-order valence-electron chi connectivity index (χ2n) is 3.25. The van der Waals surface area contributed by atoms with Gasteiger partial charge in [0, 0.05) is 33.3 Å². The van der Waals surface area contributed by atoms with Crippen LogP contribution in [0.5, 0.6) is 0 Å². The van der Waals surface area contributed by atoms with Gasteiger partial charge in [0.15, 0.2) is 6.29 Å². The van der Waals surface area contributed by atoms with Gasteiger partial charge in [0.1, 0.15) is 0 Å². The van der Waals surface area contributed by atoms with E-state index < -0.39 is 21.3 Å². The maximum absolute atomic E-state index is 11.4.